The molecule has 4 nitrogen and oxygen atoms in total. The fraction of sp³-hybridized carbons (Fsp3) is 0.211. The molecule has 0 aliphatic heterocycles. The number of anilines is 1. The van der Waals surface area contributed by atoms with Crippen molar-refractivity contribution in [2.24, 2.45) is 0 Å². The Labute approximate surface area is 136 Å². The molecule has 0 radical (unpaired) electrons. The molecule has 0 aliphatic carbocycles. The molecule has 120 valence electrons. The number of hydrogen-bond donors (Lipinski definition) is 1. The Morgan fingerprint density at radius 2 is 1.74 bits per heavy atom. The van der Waals surface area contributed by atoms with Crippen LogP contribution in [0, 0.1) is 6.92 Å². The summed E-state index contributed by atoms with van der Waals surface area (Å²) in [5.74, 6) is 1.25. The van der Waals surface area contributed by atoms with Crippen LogP contribution in [0.15, 0.2) is 60.7 Å². The molecule has 2 aromatic carbocycles. The molecule has 0 spiro atoms. The number of rotatable bonds is 7. The molecule has 2 rings (SSSR count). The smallest absolute Gasteiger partial charge is 0.262 e. The third-order valence-corrected chi connectivity index (χ3v) is 3.08. The normalized spacial score (nSPS) is 10.0. The standard InChI is InChI=1S/C19H21NO3/c1-14(2)12-22-17-10-8-16(9-11-17)20-19(21)13-23-18-7-5-4-6-15(18)3/h4-11H,1,12-13H2,2-3H3,(H,20,21). The highest BCUT2D eigenvalue weighted by atomic mass is 16.5. The summed E-state index contributed by atoms with van der Waals surface area (Å²) in [4.78, 5) is 11.9. The average molecular weight is 311 g/mol. The SMILES string of the molecule is C=C(C)COc1ccc(NC(=O)COc2ccccc2C)cc1. The first-order chi connectivity index (χ1) is 11.0. The predicted octanol–water partition coefficient (Wildman–Crippen LogP) is 3.97. The largest absolute Gasteiger partial charge is 0.489 e. The van der Waals surface area contributed by atoms with Gasteiger partial charge in [-0.1, -0.05) is 24.8 Å². The summed E-state index contributed by atoms with van der Waals surface area (Å²) in [6.07, 6.45) is 0. The van der Waals surface area contributed by atoms with Crippen LogP contribution in [0.4, 0.5) is 5.69 Å². The van der Waals surface area contributed by atoms with E-state index < -0.39 is 0 Å². The van der Waals surface area contributed by atoms with Crippen molar-refractivity contribution in [1.29, 1.82) is 0 Å². The predicted molar refractivity (Wildman–Crippen MR) is 92.1 cm³/mol. The molecule has 2 aromatic rings. The molecule has 0 atom stereocenters. The Bertz CT molecular complexity index is 677. The first kappa shape index (κ1) is 16.6. The quantitative estimate of drug-likeness (QED) is 0.787. The molecular weight excluding hydrogens is 290 g/mol. The second-order valence-electron chi connectivity index (χ2n) is 5.37. The third kappa shape index (κ3) is 5.51. The Hall–Kier alpha value is -2.75. The van der Waals surface area contributed by atoms with Gasteiger partial charge in [0.05, 0.1) is 0 Å². The van der Waals surface area contributed by atoms with Gasteiger partial charge in [-0.2, -0.15) is 0 Å². The second-order valence-corrected chi connectivity index (χ2v) is 5.37. The van der Waals surface area contributed by atoms with E-state index in [1.807, 2.05) is 38.1 Å². The molecule has 0 aliphatic rings. The summed E-state index contributed by atoms with van der Waals surface area (Å²) in [6.45, 7) is 8.08. The van der Waals surface area contributed by atoms with Crippen LogP contribution in [0.5, 0.6) is 11.5 Å². The number of amides is 1. The van der Waals surface area contributed by atoms with Gasteiger partial charge in [0.25, 0.3) is 5.91 Å². The fourth-order valence-electron chi connectivity index (χ4n) is 1.90. The Kier molecular flexibility index (Phi) is 5.80. The Morgan fingerprint density at radius 3 is 2.39 bits per heavy atom. The summed E-state index contributed by atoms with van der Waals surface area (Å²) in [5, 5.41) is 2.79. The average Bonchev–Trinajstić information content (AvgIpc) is 2.53. The van der Waals surface area contributed by atoms with Crippen LogP contribution in [-0.4, -0.2) is 19.1 Å². The van der Waals surface area contributed by atoms with E-state index in [-0.39, 0.29) is 12.5 Å². The molecule has 0 unspecified atom stereocenters. The molecule has 0 heterocycles. The van der Waals surface area contributed by atoms with Crippen molar-refractivity contribution in [2.75, 3.05) is 18.5 Å². The second kappa shape index (κ2) is 8.03. The van der Waals surface area contributed by atoms with Crippen LogP contribution in [0.1, 0.15) is 12.5 Å². The van der Waals surface area contributed by atoms with Crippen molar-refractivity contribution in [3.8, 4) is 11.5 Å². The van der Waals surface area contributed by atoms with Gasteiger partial charge in [-0.15, -0.1) is 0 Å². The van der Waals surface area contributed by atoms with E-state index in [1.54, 1.807) is 24.3 Å². The van der Waals surface area contributed by atoms with Gasteiger partial charge in [0.2, 0.25) is 0 Å². The minimum Gasteiger partial charge on any atom is -0.489 e. The van der Waals surface area contributed by atoms with Crippen molar-refractivity contribution in [3.05, 3.63) is 66.2 Å². The molecular formula is C19H21NO3. The highest BCUT2D eigenvalue weighted by molar-refractivity contribution is 5.91. The van der Waals surface area contributed by atoms with Gasteiger partial charge in [-0.25, -0.2) is 0 Å². The van der Waals surface area contributed by atoms with Crippen molar-refractivity contribution in [1.82, 2.24) is 0 Å². The molecule has 4 heteroatoms. The molecule has 23 heavy (non-hydrogen) atoms. The maximum Gasteiger partial charge on any atom is 0.262 e. The van der Waals surface area contributed by atoms with E-state index in [1.165, 1.54) is 0 Å². The number of benzene rings is 2. The maximum atomic E-state index is 11.9. The summed E-state index contributed by atoms with van der Waals surface area (Å²) >= 11 is 0. The van der Waals surface area contributed by atoms with E-state index in [4.69, 9.17) is 9.47 Å². The first-order valence-corrected chi connectivity index (χ1v) is 7.40. The minimum absolute atomic E-state index is 0.0290. The van der Waals surface area contributed by atoms with Crippen LogP contribution in [0.25, 0.3) is 0 Å². The highest BCUT2D eigenvalue weighted by Crippen LogP contribution is 2.17. The van der Waals surface area contributed by atoms with E-state index >= 15 is 0 Å². The van der Waals surface area contributed by atoms with Crippen LogP contribution in [0.2, 0.25) is 0 Å². The van der Waals surface area contributed by atoms with Crippen molar-refractivity contribution in [2.45, 2.75) is 13.8 Å². The summed E-state index contributed by atoms with van der Waals surface area (Å²) in [6, 6.07) is 14.8. The molecule has 1 N–H and O–H groups in total. The van der Waals surface area contributed by atoms with Gasteiger partial charge in [-0.3, -0.25) is 4.79 Å². The Balaban J connectivity index is 1.83. The number of hydrogen-bond acceptors (Lipinski definition) is 3. The van der Waals surface area contributed by atoms with Crippen LogP contribution in [-0.2, 0) is 4.79 Å². The van der Waals surface area contributed by atoms with Gasteiger partial charge >= 0.3 is 0 Å². The number of aryl methyl sites for hydroxylation is 1. The summed E-state index contributed by atoms with van der Waals surface area (Å²) < 4.78 is 11.0. The Morgan fingerprint density at radius 1 is 1.04 bits per heavy atom. The lowest BCUT2D eigenvalue weighted by Gasteiger charge is -2.10. The topological polar surface area (TPSA) is 47.6 Å². The van der Waals surface area contributed by atoms with Gasteiger partial charge in [-0.05, 0) is 55.3 Å². The number of carbonyl (C=O) groups is 1. The van der Waals surface area contributed by atoms with E-state index in [0.717, 1.165) is 16.9 Å². The van der Waals surface area contributed by atoms with Crippen molar-refractivity contribution < 1.29 is 14.3 Å². The summed E-state index contributed by atoms with van der Waals surface area (Å²) in [5.41, 5.74) is 2.65. The molecule has 1 amide bonds. The van der Waals surface area contributed by atoms with Crippen molar-refractivity contribution >= 4 is 11.6 Å². The number of ether oxygens (including phenoxy) is 2. The lowest BCUT2D eigenvalue weighted by Crippen LogP contribution is -2.20. The number of para-hydroxylation sites is 1. The number of nitrogens with one attached hydrogen (secondary N) is 1. The van der Waals surface area contributed by atoms with Crippen LogP contribution < -0.4 is 14.8 Å². The van der Waals surface area contributed by atoms with Crippen LogP contribution in [0.3, 0.4) is 0 Å². The lowest BCUT2D eigenvalue weighted by molar-refractivity contribution is -0.118. The van der Waals surface area contributed by atoms with Crippen LogP contribution >= 0.6 is 0 Å². The first-order valence-electron chi connectivity index (χ1n) is 7.40. The lowest BCUT2D eigenvalue weighted by atomic mass is 10.2. The van der Waals surface area contributed by atoms with Gasteiger partial charge in [0.1, 0.15) is 18.1 Å². The molecule has 0 aromatic heterocycles. The monoisotopic (exact) mass is 311 g/mol. The van der Waals surface area contributed by atoms with E-state index in [9.17, 15) is 4.79 Å². The zero-order valence-corrected chi connectivity index (χ0v) is 13.5. The van der Waals surface area contributed by atoms with E-state index in [0.29, 0.717) is 18.0 Å². The fourth-order valence-corrected chi connectivity index (χ4v) is 1.90. The zero-order valence-electron chi connectivity index (χ0n) is 13.5. The molecule has 0 bridgehead atoms. The van der Waals surface area contributed by atoms with Crippen molar-refractivity contribution in [3.63, 3.8) is 0 Å². The zero-order chi connectivity index (χ0) is 16.7. The number of carbonyl (C=O) groups excluding carboxylic acids is 1. The summed E-state index contributed by atoms with van der Waals surface area (Å²) in [7, 11) is 0. The maximum absolute atomic E-state index is 11.9. The molecule has 0 saturated carbocycles. The molecule has 0 saturated heterocycles. The van der Waals surface area contributed by atoms with Gasteiger partial charge in [0.15, 0.2) is 6.61 Å². The van der Waals surface area contributed by atoms with E-state index in [2.05, 4.69) is 11.9 Å². The van der Waals surface area contributed by atoms with Gasteiger partial charge in [0, 0.05) is 5.69 Å². The minimum atomic E-state index is -0.205. The molecule has 0 fully saturated rings. The highest BCUT2D eigenvalue weighted by Gasteiger charge is 2.05. The van der Waals surface area contributed by atoms with Gasteiger partial charge < -0.3 is 14.8 Å². The third-order valence-electron chi connectivity index (χ3n) is 3.08.